The molecule has 4 bridgehead atoms. The molecule has 4 aliphatic carbocycles. The SMILES string of the molecule is O=C(CN1CCCN(c2ccccc2)S1(O)O)NC1C2CC3CC1CC(O)(C3)C2. The lowest BCUT2D eigenvalue weighted by Gasteiger charge is -2.58. The van der Waals surface area contributed by atoms with Crippen LogP contribution in [0.1, 0.15) is 38.5 Å². The maximum Gasteiger partial charge on any atom is 0.236 e. The molecule has 7 nitrogen and oxygen atoms in total. The van der Waals surface area contributed by atoms with Crippen LogP contribution < -0.4 is 9.62 Å². The van der Waals surface area contributed by atoms with Crippen molar-refractivity contribution in [3.8, 4) is 0 Å². The van der Waals surface area contributed by atoms with Crippen LogP contribution in [-0.4, -0.2) is 55.7 Å². The molecule has 8 heteroatoms. The third-order valence-corrected chi connectivity index (χ3v) is 9.33. The van der Waals surface area contributed by atoms with E-state index in [4.69, 9.17) is 0 Å². The Bertz CT molecular complexity index is 760. The molecule has 2 atom stereocenters. The number of rotatable bonds is 4. The predicted molar refractivity (Wildman–Crippen MR) is 113 cm³/mol. The zero-order valence-corrected chi connectivity index (χ0v) is 17.4. The van der Waals surface area contributed by atoms with Gasteiger partial charge in [0, 0.05) is 19.1 Å². The Morgan fingerprint density at radius 1 is 1.10 bits per heavy atom. The minimum absolute atomic E-state index is 0.0185. The van der Waals surface area contributed by atoms with Gasteiger partial charge in [0.1, 0.15) is 0 Å². The largest absolute Gasteiger partial charge is 0.390 e. The van der Waals surface area contributed by atoms with E-state index >= 15 is 0 Å². The van der Waals surface area contributed by atoms with Gasteiger partial charge in [0.25, 0.3) is 0 Å². The molecule has 1 saturated heterocycles. The highest BCUT2D eigenvalue weighted by atomic mass is 32.3. The second-order valence-electron chi connectivity index (χ2n) is 9.43. The molecule has 0 radical (unpaired) electrons. The number of para-hydroxylation sites is 1. The molecule has 5 aliphatic rings. The Morgan fingerprint density at radius 2 is 1.79 bits per heavy atom. The van der Waals surface area contributed by atoms with Crippen molar-refractivity contribution in [1.82, 2.24) is 9.62 Å². The van der Waals surface area contributed by atoms with Crippen LogP contribution >= 0.6 is 11.0 Å². The van der Waals surface area contributed by atoms with E-state index in [1.807, 2.05) is 30.3 Å². The van der Waals surface area contributed by atoms with E-state index in [0.717, 1.165) is 44.2 Å². The second-order valence-corrected chi connectivity index (χ2v) is 11.4. The molecule has 0 spiro atoms. The number of nitrogens with zero attached hydrogens (tertiary/aromatic N) is 2. The van der Waals surface area contributed by atoms with Gasteiger partial charge in [0.05, 0.1) is 17.8 Å². The zero-order chi connectivity index (χ0) is 20.2. The maximum absolute atomic E-state index is 12.9. The normalized spacial score (nSPS) is 39.3. The van der Waals surface area contributed by atoms with Gasteiger partial charge in [0.2, 0.25) is 5.91 Å². The summed E-state index contributed by atoms with van der Waals surface area (Å²) in [4.78, 5) is 12.9. The molecule has 1 aromatic rings. The molecule has 0 aromatic heterocycles. The molecule has 4 N–H and O–H groups in total. The number of benzene rings is 1. The highest BCUT2D eigenvalue weighted by molar-refractivity contribution is 8.23. The summed E-state index contributed by atoms with van der Waals surface area (Å²) in [7, 11) is -3.22. The number of hydrogen-bond donors (Lipinski definition) is 4. The van der Waals surface area contributed by atoms with Gasteiger partial charge in [-0.05, 0) is 68.4 Å². The average molecular weight is 422 g/mol. The van der Waals surface area contributed by atoms with Crippen LogP contribution in [0.15, 0.2) is 30.3 Å². The molecular weight excluding hydrogens is 390 g/mol. The fourth-order valence-electron chi connectivity index (χ4n) is 6.41. The zero-order valence-electron chi connectivity index (χ0n) is 16.6. The van der Waals surface area contributed by atoms with E-state index in [-0.39, 0.29) is 18.5 Å². The number of amides is 1. The number of anilines is 1. The highest BCUT2D eigenvalue weighted by Gasteiger charge is 2.55. The van der Waals surface area contributed by atoms with Gasteiger partial charge in [0.15, 0.2) is 0 Å². The summed E-state index contributed by atoms with van der Waals surface area (Å²) in [5.74, 6) is 1.14. The monoisotopic (exact) mass is 421 g/mol. The molecular formula is C21H31N3O4S. The minimum atomic E-state index is -3.22. The van der Waals surface area contributed by atoms with Crippen molar-refractivity contribution < 1.29 is 19.0 Å². The first-order chi connectivity index (χ1) is 13.8. The summed E-state index contributed by atoms with van der Waals surface area (Å²) >= 11 is 0. The maximum atomic E-state index is 12.9. The van der Waals surface area contributed by atoms with Crippen molar-refractivity contribution in [1.29, 1.82) is 0 Å². The Hall–Kier alpha value is -1.32. The standard InChI is InChI=1S/C21H31N3O4S/c25-19(22-20-16-9-15-10-17(20)13-21(26,11-15)12-16)14-23-7-4-8-24(29(23,27)28)18-5-2-1-3-6-18/h1-3,5-6,15-17,20,26-28H,4,7-14H2,(H,22,25). The van der Waals surface area contributed by atoms with E-state index in [0.29, 0.717) is 30.8 Å². The van der Waals surface area contributed by atoms with Crippen LogP contribution in [0.3, 0.4) is 0 Å². The first-order valence-electron chi connectivity index (χ1n) is 10.7. The summed E-state index contributed by atoms with van der Waals surface area (Å²) < 4.78 is 25.0. The minimum Gasteiger partial charge on any atom is -0.390 e. The second kappa shape index (κ2) is 7.13. The van der Waals surface area contributed by atoms with Gasteiger partial charge >= 0.3 is 0 Å². The van der Waals surface area contributed by atoms with Crippen molar-refractivity contribution in [2.75, 3.05) is 23.9 Å². The number of aliphatic hydroxyl groups is 1. The molecule has 6 rings (SSSR count). The van der Waals surface area contributed by atoms with E-state index < -0.39 is 16.6 Å². The van der Waals surface area contributed by atoms with Gasteiger partial charge in [-0.15, -0.1) is 0 Å². The fraction of sp³-hybridized carbons (Fsp3) is 0.667. The summed E-state index contributed by atoms with van der Waals surface area (Å²) in [6, 6.07) is 9.46. The molecule has 1 aromatic carbocycles. The van der Waals surface area contributed by atoms with Crippen LogP contribution in [0.25, 0.3) is 0 Å². The average Bonchev–Trinajstić information content (AvgIpc) is 2.65. The van der Waals surface area contributed by atoms with Crippen LogP contribution in [0, 0.1) is 17.8 Å². The van der Waals surface area contributed by atoms with Gasteiger partial charge in [-0.1, -0.05) is 29.2 Å². The summed E-state index contributed by atoms with van der Waals surface area (Å²) in [5, 5.41) is 13.9. The van der Waals surface area contributed by atoms with E-state index in [1.165, 1.54) is 4.31 Å². The van der Waals surface area contributed by atoms with Crippen molar-refractivity contribution >= 4 is 22.6 Å². The number of nitrogens with one attached hydrogen (secondary N) is 1. The third kappa shape index (κ3) is 3.55. The number of carbonyl (C=O) groups is 1. The van der Waals surface area contributed by atoms with Crippen LogP contribution in [0.2, 0.25) is 0 Å². The summed E-state index contributed by atoms with van der Waals surface area (Å²) in [6.45, 7) is 1.02. The van der Waals surface area contributed by atoms with E-state index in [9.17, 15) is 19.0 Å². The molecule has 1 heterocycles. The Labute approximate surface area is 173 Å². The lowest BCUT2D eigenvalue weighted by Crippen LogP contribution is -2.62. The van der Waals surface area contributed by atoms with E-state index in [1.54, 1.807) is 4.31 Å². The lowest BCUT2D eigenvalue weighted by molar-refractivity contribution is -0.146. The Kier molecular flexibility index (Phi) is 4.83. The summed E-state index contributed by atoms with van der Waals surface area (Å²) in [6.07, 6.45) is 5.43. The van der Waals surface area contributed by atoms with Crippen molar-refractivity contribution in [3.63, 3.8) is 0 Å². The molecule has 1 aliphatic heterocycles. The van der Waals surface area contributed by atoms with Gasteiger partial charge < -0.3 is 10.4 Å². The number of carbonyl (C=O) groups excluding carboxylic acids is 1. The van der Waals surface area contributed by atoms with Gasteiger partial charge in [-0.2, -0.15) is 4.31 Å². The van der Waals surface area contributed by atoms with Crippen molar-refractivity contribution in [2.45, 2.75) is 50.2 Å². The first-order valence-corrected chi connectivity index (χ1v) is 12.2. The molecule has 2 unspecified atom stereocenters. The smallest absolute Gasteiger partial charge is 0.236 e. The first kappa shape index (κ1) is 19.6. The topological polar surface area (TPSA) is 96.3 Å². The Morgan fingerprint density at radius 3 is 2.45 bits per heavy atom. The van der Waals surface area contributed by atoms with Gasteiger partial charge in [-0.3, -0.25) is 18.2 Å². The fourth-order valence-corrected chi connectivity index (χ4v) is 8.14. The van der Waals surface area contributed by atoms with Crippen molar-refractivity contribution in [3.05, 3.63) is 30.3 Å². The predicted octanol–water partition coefficient (Wildman–Crippen LogP) is 2.84. The molecule has 1 amide bonds. The molecule has 29 heavy (non-hydrogen) atoms. The molecule has 4 saturated carbocycles. The van der Waals surface area contributed by atoms with Crippen LogP contribution in [0.4, 0.5) is 5.69 Å². The third-order valence-electron chi connectivity index (χ3n) is 7.34. The summed E-state index contributed by atoms with van der Waals surface area (Å²) in [5.41, 5.74) is 0.239. The van der Waals surface area contributed by atoms with Crippen LogP contribution in [-0.2, 0) is 4.79 Å². The van der Waals surface area contributed by atoms with E-state index in [2.05, 4.69) is 5.32 Å². The molecule has 160 valence electrons. The highest BCUT2D eigenvalue weighted by Crippen LogP contribution is 2.56. The number of hydrogen-bond acceptors (Lipinski definition) is 6. The quantitative estimate of drug-likeness (QED) is 0.597. The van der Waals surface area contributed by atoms with Crippen LogP contribution in [0.5, 0.6) is 0 Å². The Balaban J connectivity index is 1.25. The molecule has 5 fully saturated rings. The van der Waals surface area contributed by atoms with Gasteiger partial charge in [-0.25, -0.2) is 0 Å². The lowest BCUT2D eigenvalue weighted by atomic mass is 9.52. The van der Waals surface area contributed by atoms with Crippen molar-refractivity contribution in [2.24, 2.45) is 17.8 Å².